The van der Waals surface area contributed by atoms with Crippen molar-refractivity contribution >= 4 is 23.9 Å². The summed E-state index contributed by atoms with van der Waals surface area (Å²) in [6.45, 7) is 3.70. The second-order valence-corrected chi connectivity index (χ2v) is 4.65. The van der Waals surface area contributed by atoms with Gasteiger partial charge in [0.25, 0.3) is 0 Å². The maximum Gasteiger partial charge on any atom is 0.333 e. The standard InChI is InChI=1S/C13H12ClNO3/c1-7(13(17)18-2)11-10(6-16)12(11)8-3-9(14)5-15-4-8/h3-6,10-12H,1H2,2H3. The van der Waals surface area contributed by atoms with Gasteiger partial charge in [-0.05, 0) is 11.6 Å². The highest BCUT2D eigenvalue weighted by Crippen LogP contribution is 2.56. The highest BCUT2D eigenvalue weighted by atomic mass is 35.5. The SMILES string of the molecule is C=C(C(=O)OC)C1C(C=O)C1c1cncc(Cl)c1. The van der Waals surface area contributed by atoms with Gasteiger partial charge in [-0.15, -0.1) is 0 Å². The van der Waals surface area contributed by atoms with Gasteiger partial charge in [0.05, 0.1) is 12.1 Å². The second-order valence-electron chi connectivity index (χ2n) is 4.22. The van der Waals surface area contributed by atoms with Crippen LogP contribution in [0.15, 0.2) is 30.6 Å². The number of hydrogen-bond acceptors (Lipinski definition) is 4. The number of carbonyl (C=O) groups is 2. The average Bonchev–Trinajstić information content (AvgIpc) is 3.11. The number of aromatic nitrogens is 1. The first kappa shape index (κ1) is 12.8. The summed E-state index contributed by atoms with van der Waals surface area (Å²) in [5.41, 5.74) is 1.16. The zero-order valence-corrected chi connectivity index (χ0v) is 10.6. The molecule has 94 valence electrons. The highest BCUT2D eigenvalue weighted by Gasteiger charge is 2.54. The minimum atomic E-state index is -0.482. The summed E-state index contributed by atoms with van der Waals surface area (Å²) in [7, 11) is 1.29. The van der Waals surface area contributed by atoms with Gasteiger partial charge < -0.3 is 9.53 Å². The molecule has 0 N–H and O–H groups in total. The van der Waals surface area contributed by atoms with E-state index in [1.165, 1.54) is 13.3 Å². The summed E-state index contributed by atoms with van der Waals surface area (Å²) in [6.07, 6.45) is 4.01. The van der Waals surface area contributed by atoms with Crippen molar-refractivity contribution < 1.29 is 14.3 Å². The fourth-order valence-electron chi connectivity index (χ4n) is 2.26. The lowest BCUT2D eigenvalue weighted by atomic mass is 10.1. The smallest absolute Gasteiger partial charge is 0.333 e. The van der Waals surface area contributed by atoms with Gasteiger partial charge in [-0.3, -0.25) is 4.98 Å². The largest absolute Gasteiger partial charge is 0.466 e. The number of nitrogens with zero attached hydrogens (tertiary/aromatic N) is 1. The molecular formula is C13H12ClNO3. The van der Waals surface area contributed by atoms with E-state index >= 15 is 0 Å². The Kier molecular flexibility index (Phi) is 3.48. The predicted octanol–water partition coefficient (Wildman–Crippen LogP) is 1.99. The number of pyridine rings is 1. The zero-order valence-electron chi connectivity index (χ0n) is 9.80. The van der Waals surface area contributed by atoms with E-state index in [-0.39, 0.29) is 17.8 Å². The molecule has 0 radical (unpaired) electrons. The fourth-order valence-corrected chi connectivity index (χ4v) is 2.44. The molecule has 1 saturated carbocycles. The van der Waals surface area contributed by atoms with Gasteiger partial charge in [-0.25, -0.2) is 4.79 Å². The van der Waals surface area contributed by atoms with Crippen LogP contribution in [0.25, 0.3) is 0 Å². The second kappa shape index (κ2) is 4.90. The van der Waals surface area contributed by atoms with Crippen molar-refractivity contribution in [3.05, 3.63) is 41.2 Å². The topological polar surface area (TPSA) is 56.3 Å². The Bertz CT molecular complexity index is 515. The van der Waals surface area contributed by atoms with E-state index in [4.69, 9.17) is 11.6 Å². The van der Waals surface area contributed by atoms with E-state index in [0.717, 1.165) is 11.8 Å². The number of aldehydes is 1. The molecule has 1 aromatic heterocycles. The maximum absolute atomic E-state index is 11.4. The molecule has 0 aromatic carbocycles. The van der Waals surface area contributed by atoms with Crippen LogP contribution in [0.3, 0.4) is 0 Å². The van der Waals surface area contributed by atoms with E-state index in [2.05, 4.69) is 16.3 Å². The third kappa shape index (κ3) is 2.16. The van der Waals surface area contributed by atoms with Crippen molar-refractivity contribution in [2.24, 2.45) is 11.8 Å². The average molecular weight is 266 g/mol. The molecule has 0 saturated heterocycles. The summed E-state index contributed by atoms with van der Waals surface area (Å²) >= 11 is 5.86. The van der Waals surface area contributed by atoms with Gasteiger partial charge in [0.1, 0.15) is 6.29 Å². The van der Waals surface area contributed by atoms with Crippen molar-refractivity contribution in [3.63, 3.8) is 0 Å². The molecule has 0 aliphatic heterocycles. The molecular weight excluding hydrogens is 254 g/mol. The van der Waals surface area contributed by atoms with E-state index in [1.54, 1.807) is 12.3 Å². The van der Waals surface area contributed by atoms with Crippen LogP contribution in [0.1, 0.15) is 11.5 Å². The number of rotatable bonds is 4. The molecule has 0 spiro atoms. The molecule has 0 bridgehead atoms. The van der Waals surface area contributed by atoms with Gasteiger partial charge in [0.2, 0.25) is 0 Å². The molecule has 5 heteroatoms. The van der Waals surface area contributed by atoms with E-state index in [0.29, 0.717) is 10.6 Å². The molecule has 4 nitrogen and oxygen atoms in total. The van der Waals surface area contributed by atoms with Crippen molar-refractivity contribution in [1.29, 1.82) is 0 Å². The molecule has 18 heavy (non-hydrogen) atoms. The molecule has 3 atom stereocenters. The lowest BCUT2D eigenvalue weighted by Gasteiger charge is -2.02. The first-order valence-electron chi connectivity index (χ1n) is 5.43. The summed E-state index contributed by atoms with van der Waals surface area (Å²) in [5.74, 6) is -1.03. The van der Waals surface area contributed by atoms with Gasteiger partial charge in [0.15, 0.2) is 0 Å². The third-order valence-corrected chi connectivity index (χ3v) is 3.40. The van der Waals surface area contributed by atoms with Gasteiger partial charge in [-0.2, -0.15) is 0 Å². The van der Waals surface area contributed by atoms with E-state index in [9.17, 15) is 9.59 Å². The van der Waals surface area contributed by atoms with Crippen molar-refractivity contribution in [2.75, 3.05) is 7.11 Å². The summed E-state index contributed by atoms with van der Waals surface area (Å²) < 4.78 is 4.62. The van der Waals surface area contributed by atoms with Gasteiger partial charge in [0, 0.05) is 35.7 Å². The lowest BCUT2D eigenvalue weighted by molar-refractivity contribution is -0.136. The number of carbonyl (C=O) groups excluding carboxylic acids is 2. The highest BCUT2D eigenvalue weighted by molar-refractivity contribution is 6.30. The van der Waals surface area contributed by atoms with Gasteiger partial charge >= 0.3 is 5.97 Å². The molecule has 1 aliphatic rings. The minimum Gasteiger partial charge on any atom is -0.466 e. The quantitative estimate of drug-likeness (QED) is 0.475. The maximum atomic E-state index is 11.4. The van der Waals surface area contributed by atoms with Crippen LogP contribution in [-0.4, -0.2) is 24.3 Å². The molecule has 2 rings (SSSR count). The summed E-state index contributed by atoms with van der Waals surface area (Å²) in [5, 5.41) is 0.506. The number of hydrogen-bond donors (Lipinski definition) is 0. The van der Waals surface area contributed by atoms with Gasteiger partial charge in [-0.1, -0.05) is 18.2 Å². The third-order valence-electron chi connectivity index (χ3n) is 3.19. The van der Waals surface area contributed by atoms with Crippen LogP contribution >= 0.6 is 11.6 Å². The Balaban J connectivity index is 2.22. The molecule has 0 amide bonds. The Hall–Kier alpha value is -1.68. The number of esters is 1. The van der Waals surface area contributed by atoms with Crippen molar-refractivity contribution in [2.45, 2.75) is 5.92 Å². The first-order valence-corrected chi connectivity index (χ1v) is 5.80. The van der Waals surface area contributed by atoms with E-state index in [1.807, 2.05) is 0 Å². The number of halogens is 1. The van der Waals surface area contributed by atoms with Crippen LogP contribution < -0.4 is 0 Å². The van der Waals surface area contributed by atoms with Crippen LogP contribution in [0.4, 0.5) is 0 Å². The van der Waals surface area contributed by atoms with Crippen molar-refractivity contribution in [3.8, 4) is 0 Å². The minimum absolute atomic E-state index is 0.0831. The molecule has 1 heterocycles. The Labute approximate surface area is 110 Å². The molecule has 1 fully saturated rings. The number of methoxy groups -OCH3 is 1. The molecule has 1 aliphatic carbocycles. The molecule has 1 aromatic rings. The van der Waals surface area contributed by atoms with Crippen LogP contribution in [0, 0.1) is 11.8 Å². The first-order chi connectivity index (χ1) is 8.60. The predicted molar refractivity (Wildman–Crippen MR) is 66.2 cm³/mol. The Morgan fingerprint density at radius 3 is 2.83 bits per heavy atom. The number of ether oxygens (including phenoxy) is 1. The lowest BCUT2D eigenvalue weighted by Crippen LogP contribution is -2.06. The van der Waals surface area contributed by atoms with E-state index < -0.39 is 5.97 Å². The monoisotopic (exact) mass is 265 g/mol. The zero-order chi connectivity index (χ0) is 13.3. The Morgan fingerprint density at radius 1 is 1.56 bits per heavy atom. The van der Waals surface area contributed by atoms with Crippen LogP contribution in [-0.2, 0) is 14.3 Å². The summed E-state index contributed by atoms with van der Waals surface area (Å²) in [6, 6.07) is 1.75. The Morgan fingerprint density at radius 2 is 2.28 bits per heavy atom. The normalized spacial score (nSPS) is 25.3. The molecule has 3 unspecified atom stereocenters. The fraction of sp³-hybridized carbons (Fsp3) is 0.308. The van der Waals surface area contributed by atoms with Crippen molar-refractivity contribution in [1.82, 2.24) is 4.98 Å². The van der Waals surface area contributed by atoms with Crippen LogP contribution in [0.5, 0.6) is 0 Å². The summed E-state index contributed by atoms with van der Waals surface area (Å²) in [4.78, 5) is 26.4. The van der Waals surface area contributed by atoms with Crippen LogP contribution in [0.2, 0.25) is 5.02 Å².